The third-order valence-electron chi connectivity index (χ3n) is 3.43. The average Bonchev–Trinajstić information content (AvgIpc) is 2.35. The normalized spacial score (nSPS) is 14.6. The van der Waals surface area contributed by atoms with Gasteiger partial charge in [-0.2, -0.15) is 0 Å². The highest BCUT2D eigenvalue weighted by Gasteiger charge is 2.27. The lowest BCUT2D eigenvalue weighted by Crippen LogP contribution is -2.28. The van der Waals surface area contributed by atoms with Crippen molar-refractivity contribution in [2.24, 2.45) is 5.92 Å². The Hall–Kier alpha value is -1.84. The minimum atomic E-state index is -0.295. The monoisotopic (exact) mass is 261 g/mol. The van der Waals surface area contributed by atoms with Gasteiger partial charge in [0, 0.05) is 5.69 Å². The van der Waals surface area contributed by atoms with Gasteiger partial charge in [0.1, 0.15) is 0 Å². The van der Waals surface area contributed by atoms with Crippen LogP contribution in [0.3, 0.4) is 0 Å². The van der Waals surface area contributed by atoms with Gasteiger partial charge in [-0.25, -0.2) is 0 Å². The molecular weight excluding hydrogens is 242 g/mol. The number of esters is 1. The summed E-state index contributed by atoms with van der Waals surface area (Å²) in [5.74, 6) is -0.531. The first-order chi connectivity index (χ1) is 9.19. The number of hydrogen-bond acceptors (Lipinski definition) is 3. The number of amides is 1. The maximum Gasteiger partial charge on any atom is 0.309 e. The summed E-state index contributed by atoms with van der Waals surface area (Å²) in [6.07, 6.45) is 3.82. The van der Waals surface area contributed by atoms with Gasteiger partial charge in [-0.15, -0.1) is 0 Å². The fourth-order valence-corrected chi connectivity index (χ4v) is 1.92. The molecule has 0 heterocycles. The van der Waals surface area contributed by atoms with Crippen LogP contribution in [0.15, 0.2) is 24.3 Å². The van der Waals surface area contributed by atoms with Crippen LogP contribution in [0.4, 0.5) is 5.69 Å². The van der Waals surface area contributed by atoms with E-state index in [0.29, 0.717) is 0 Å². The lowest BCUT2D eigenvalue weighted by Gasteiger charge is -2.22. The largest absolute Gasteiger partial charge is 0.455 e. The molecule has 1 saturated carbocycles. The minimum absolute atomic E-state index is 0.0108. The molecule has 102 valence electrons. The first-order valence-electron chi connectivity index (χ1n) is 6.74. The van der Waals surface area contributed by atoms with E-state index in [-0.39, 0.29) is 24.4 Å². The Labute approximate surface area is 113 Å². The average molecular weight is 261 g/mol. The molecule has 0 bridgehead atoms. The Balaban J connectivity index is 1.75. The van der Waals surface area contributed by atoms with E-state index in [0.717, 1.165) is 31.4 Å². The zero-order chi connectivity index (χ0) is 13.7. The van der Waals surface area contributed by atoms with Crippen LogP contribution in [0, 0.1) is 5.92 Å². The summed E-state index contributed by atoms with van der Waals surface area (Å²) >= 11 is 0. The molecule has 1 aromatic rings. The van der Waals surface area contributed by atoms with E-state index in [1.165, 1.54) is 5.56 Å². The Bertz CT molecular complexity index is 449. The standard InChI is InChI=1S/C15H19NO3/c1-2-11-6-8-13(9-7-11)16-14(17)10-19-15(18)12-4-3-5-12/h6-9,12H,2-5,10H2,1H3,(H,16,17). The molecule has 1 aliphatic rings. The second-order valence-corrected chi connectivity index (χ2v) is 4.83. The summed E-state index contributed by atoms with van der Waals surface area (Å²) in [4.78, 5) is 23.1. The Morgan fingerprint density at radius 3 is 2.47 bits per heavy atom. The van der Waals surface area contributed by atoms with Gasteiger partial charge in [0.25, 0.3) is 5.91 Å². The van der Waals surface area contributed by atoms with Gasteiger partial charge in [0.2, 0.25) is 0 Å². The highest BCUT2D eigenvalue weighted by Crippen LogP contribution is 2.27. The quantitative estimate of drug-likeness (QED) is 0.829. The number of ether oxygens (including phenoxy) is 1. The van der Waals surface area contributed by atoms with Crippen molar-refractivity contribution >= 4 is 17.6 Å². The molecule has 0 atom stereocenters. The van der Waals surface area contributed by atoms with Crippen LogP contribution in [0.1, 0.15) is 31.7 Å². The second kappa shape index (κ2) is 6.36. The molecule has 1 amide bonds. The molecule has 0 radical (unpaired) electrons. The van der Waals surface area contributed by atoms with E-state index < -0.39 is 0 Å². The molecule has 0 aromatic heterocycles. The lowest BCUT2D eigenvalue weighted by atomic mass is 9.86. The molecule has 1 fully saturated rings. The lowest BCUT2D eigenvalue weighted by molar-refractivity contribution is -0.154. The topological polar surface area (TPSA) is 55.4 Å². The number of benzene rings is 1. The molecule has 1 aromatic carbocycles. The van der Waals surface area contributed by atoms with E-state index >= 15 is 0 Å². The third kappa shape index (κ3) is 3.81. The van der Waals surface area contributed by atoms with E-state index in [1.807, 2.05) is 24.3 Å². The van der Waals surface area contributed by atoms with Crippen molar-refractivity contribution in [3.63, 3.8) is 0 Å². The zero-order valence-electron chi connectivity index (χ0n) is 11.1. The molecule has 19 heavy (non-hydrogen) atoms. The van der Waals surface area contributed by atoms with Crippen molar-refractivity contribution in [3.8, 4) is 0 Å². The van der Waals surface area contributed by atoms with E-state index in [9.17, 15) is 9.59 Å². The maximum atomic E-state index is 11.6. The van der Waals surface area contributed by atoms with Crippen LogP contribution in [0.25, 0.3) is 0 Å². The van der Waals surface area contributed by atoms with Crippen LogP contribution in [0.5, 0.6) is 0 Å². The van der Waals surface area contributed by atoms with Crippen molar-refractivity contribution < 1.29 is 14.3 Å². The number of carbonyl (C=O) groups excluding carboxylic acids is 2. The summed E-state index contributed by atoms with van der Waals surface area (Å²) in [6, 6.07) is 7.64. The summed E-state index contributed by atoms with van der Waals surface area (Å²) in [7, 11) is 0. The van der Waals surface area contributed by atoms with Crippen LogP contribution in [0.2, 0.25) is 0 Å². The SMILES string of the molecule is CCc1ccc(NC(=O)COC(=O)C2CCC2)cc1. The predicted octanol–water partition coefficient (Wildman–Crippen LogP) is 2.53. The Kier molecular flexibility index (Phi) is 4.55. The fraction of sp³-hybridized carbons (Fsp3) is 0.467. The molecule has 4 heteroatoms. The molecule has 0 saturated heterocycles. The van der Waals surface area contributed by atoms with Gasteiger partial charge >= 0.3 is 5.97 Å². The number of rotatable bonds is 5. The van der Waals surface area contributed by atoms with Gasteiger partial charge in [0.15, 0.2) is 6.61 Å². The van der Waals surface area contributed by atoms with Crippen LogP contribution in [-0.4, -0.2) is 18.5 Å². The van der Waals surface area contributed by atoms with Gasteiger partial charge in [-0.3, -0.25) is 9.59 Å². The maximum absolute atomic E-state index is 11.6. The van der Waals surface area contributed by atoms with Crippen LogP contribution in [-0.2, 0) is 20.7 Å². The van der Waals surface area contributed by atoms with Gasteiger partial charge < -0.3 is 10.1 Å². The van der Waals surface area contributed by atoms with Crippen molar-refractivity contribution in [2.75, 3.05) is 11.9 Å². The van der Waals surface area contributed by atoms with Gasteiger partial charge in [-0.05, 0) is 37.0 Å². The first kappa shape index (κ1) is 13.6. The Morgan fingerprint density at radius 2 is 1.95 bits per heavy atom. The number of anilines is 1. The van der Waals surface area contributed by atoms with E-state index in [2.05, 4.69) is 12.2 Å². The molecular formula is C15H19NO3. The highest BCUT2D eigenvalue weighted by molar-refractivity contribution is 5.92. The van der Waals surface area contributed by atoms with E-state index in [4.69, 9.17) is 4.74 Å². The Morgan fingerprint density at radius 1 is 1.26 bits per heavy atom. The number of nitrogens with one attached hydrogen (secondary N) is 1. The molecule has 0 spiro atoms. The predicted molar refractivity (Wildman–Crippen MR) is 72.7 cm³/mol. The molecule has 4 nitrogen and oxygen atoms in total. The van der Waals surface area contributed by atoms with Gasteiger partial charge in [0.05, 0.1) is 5.92 Å². The third-order valence-corrected chi connectivity index (χ3v) is 3.43. The van der Waals surface area contributed by atoms with Crippen molar-refractivity contribution in [2.45, 2.75) is 32.6 Å². The number of hydrogen-bond donors (Lipinski definition) is 1. The summed E-state index contributed by atoms with van der Waals surface area (Å²) in [5.41, 5.74) is 1.94. The number of carbonyl (C=O) groups is 2. The number of aryl methyl sites for hydroxylation is 1. The van der Waals surface area contributed by atoms with Crippen molar-refractivity contribution in [1.29, 1.82) is 0 Å². The van der Waals surface area contributed by atoms with Crippen molar-refractivity contribution in [1.82, 2.24) is 0 Å². The van der Waals surface area contributed by atoms with E-state index in [1.54, 1.807) is 0 Å². The highest BCUT2D eigenvalue weighted by atomic mass is 16.5. The summed E-state index contributed by atoms with van der Waals surface area (Å²) < 4.78 is 4.97. The molecule has 2 rings (SSSR count). The van der Waals surface area contributed by atoms with Crippen LogP contribution >= 0.6 is 0 Å². The molecule has 1 N–H and O–H groups in total. The summed E-state index contributed by atoms with van der Waals surface area (Å²) in [5, 5.41) is 2.71. The van der Waals surface area contributed by atoms with Crippen LogP contribution < -0.4 is 5.32 Å². The smallest absolute Gasteiger partial charge is 0.309 e. The fourth-order valence-electron chi connectivity index (χ4n) is 1.92. The first-order valence-corrected chi connectivity index (χ1v) is 6.74. The second-order valence-electron chi connectivity index (χ2n) is 4.83. The van der Waals surface area contributed by atoms with Crippen molar-refractivity contribution in [3.05, 3.63) is 29.8 Å². The zero-order valence-corrected chi connectivity index (χ0v) is 11.1. The summed E-state index contributed by atoms with van der Waals surface area (Å²) in [6.45, 7) is 1.87. The molecule has 0 unspecified atom stereocenters. The van der Waals surface area contributed by atoms with Gasteiger partial charge in [-0.1, -0.05) is 25.5 Å². The minimum Gasteiger partial charge on any atom is -0.455 e. The molecule has 1 aliphatic carbocycles. The molecule has 0 aliphatic heterocycles.